The first-order valence-electron chi connectivity index (χ1n) is 8.00. The Kier molecular flexibility index (Phi) is 4.52. The van der Waals surface area contributed by atoms with Crippen LogP contribution in [0.1, 0.15) is 27.4 Å². The molecule has 0 aliphatic heterocycles. The first kappa shape index (κ1) is 16.7. The van der Waals surface area contributed by atoms with Crippen LogP contribution in [-0.2, 0) is 13.6 Å². The highest BCUT2D eigenvalue weighted by Gasteiger charge is 2.14. The highest BCUT2D eigenvalue weighted by Crippen LogP contribution is 2.18. The molecular formula is C19H20N4O2. The van der Waals surface area contributed by atoms with Gasteiger partial charge in [0.25, 0.3) is 5.91 Å². The number of nitrogens with one attached hydrogen (secondary N) is 1. The van der Waals surface area contributed by atoms with Crippen LogP contribution >= 0.6 is 0 Å². The smallest absolute Gasteiger partial charge is 0.261 e. The molecule has 0 spiro atoms. The maximum atomic E-state index is 12.6. The zero-order chi connectivity index (χ0) is 18.0. The molecule has 0 aliphatic carbocycles. The molecule has 1 aromatic carbocycles. The SMILES string of the molecule is Cc1cc(=O)c(C(=O)Nc2ccccc2Cn2ccnc2C)cn1C. The van der Waals surface area contributed by atoms with Gasteiger partial charge in [0.05, 0.1) is 6.54 Å². The van der Waals surface area contributed by atoms with Crippen molar-refractivity contribution >= 4 is 11.6 Å². The summed E-state index contributed by atoms with van der Waals surface area (Å²) in [7, 11) is 1.81. The van der Waals surface area contributed by atoms with Crippen molar-refractivity contribution < 1.29 is 4.79 Å². The summed E-state index contributed by atoms with van der Waals surface area (Å²) >= 11 is 0. The molecule has 1 amide bonds. The number of aryl methyl sites for hydroxylation is 3. The van der Waals surface area contributed by atoms with E-state index < -0.39 is 5.91 Å². The first-order valence-corrected chi connectivity index (χ1v) is 8.00. The number of rotatable bonds is 4. The molecular weight excluding hydrogens is 316 g/mol. The van der Waals surface area contributed by atoms with E-state index in [9.17, 15) is 9.59 Å². The topological polar surface area (TPSA) is 68.9 Å². The third-order valence-electron chi connectivity index (χ3n) is 4.26. The van der Waals surface area contributed by atoms with Gasteiger partial charge in [-0.1, -0.05) is 18.2 Å². The number of hydrogen-bond donors (Lipinski definition) is 1. The lowest BCUT2D eigenvalue weighted by atomic mass is 10.1. The molecule has 128 valence electrons. The Bertz CT molecular complexity index is 985. The minimum absolute atomic E-state index is 0.127. The highest BCUT2D eigenvalue weighted by atomic mass is 16.2. The van der Waals surface area contributed by atoms with E-state index in [-0.39, 0.29) is 11.0 Å². The van der Waals surface area contributed by atoms with Crippen molar-refractivity contribution in [2.75, 3.05) is 5.32 Å². The number of aromatic nitrogens is 3. The number of amides is 1. The molecule has 0 saturated heterocycles. The molecule has 0 saturated carbocycles. The number of benzene rings is 1. The van der Waals surface area contributed by atoms with E-state index in [1.807, 2.05) is 48.9 Å². The summed E-state index contributed by atoms with van der Waals surface area (Å²) in [6.45, 7) is 4.34. The molecule has 2 aromatic heterocycles. The minimum atomic E-state index is -0.407. The monoisotopic (exact) mass is 336 g/mol. The van der Waals surface area contributed by atoms with E-state index in [0.717, 1.165) is 17.1 Å². The quantitative estimate of drug-likeness (QED) is 0.796. The van der Waals surface area contributed by atoms with Gasteiger partial charge in [-0.15, -0.1) is 0 Å². The first-order chi connectivity index (χ1) is 12.0. The summed E-state index contributed by atoms with van der Waals surface area (Å²) < 4.78 is 3.76. The van der Waals surface area contributed by atoms with Crippen LogP contribution in [0.5, 0.6) is 0 Å². The van der Waals surface area contributed by atoms with Crippen LogP contribution < -0.4 is 10.7 Å². The fraction of sp³-hybridized carbons (Fsp3) is 0.211. The number of carbonyl (C=O) groups excluding carboxylic acids is 1. The van der Waals surface area contributed by atoms with Crippen molar-refractivity contribution in [2.24, 2.45) is 7.05 Å². The molecule has 0 atom stereocenters. The minimum Gasteiger partial charge on any atom is -0.354 e. The zero-order valence-corrected chi connectivity index (χ0v) is 14.5. The number of nitrogens with zero attached hydrogens (tertiary/aromatic N) is 3. The van der Waals surface area contributed by atoms with Gasteiger partial charge in [-0.2, -0.15) is 0 Å². The molecule has 0 bridgehead atoms. The van der Waals surface area contributed by atoms with Crippen molar-refractivity contribution in [3.05, 3.63) is 81.8 Å². The molecule has 3 rings (SSSR count). The number of carbonyl (C=O) groups is 1. The maximum absolute atomic E-state index is 12.6. The van der Waals surface area contributed by atoms with Gasteiger partial charge in [-0.25, -0.2) is 4.98 Å². The average Bonchev–Trinajstić information content (AvgIpc) is 2.97. The van der Waals surface area contributed by atoms with Crippen LogP contribution in [0.3, 0.4) is 0 Å². The third-order valence-corrected chi connectivity index (χ3v) is 4.26. The van der Waals surface area contributed by atoms with Crippen molar-refractivity contribution in [3.8, 4) is 0 Å². The van der Waals surface area contributed by atoms with Crippen molar-refractivity contribution in [2.45, 2.75) is 20.4 Å². The van der Waals surface area contributed by atoms with E-state index in [4.69, 9.17) is 0 Å². The molecule has 3 aromatic rings. The Morgan fingerprint density at radius 1 is 1.24 bits per heavy atom. The van der Waals surface area contributed by atoms with Gasteiger partial charge in [-0.05, 0) is 25.5 Å². The summed E-state index contributed by atoms with van der Waals surface area (Å²) in [5, 5.41) is 2.86. The molecule has 6 nitrogen and oxygen atoms in total. The normalized spacial score (nSPS) is 10.7. The number of pyridine rings is 1. The van der Waals surface area contributed by atoms with Crippen LogP contribution in [0.2, 0.25) is 0 Å². The van der Waals surface area contributed by atoms with E-state index >= 15 is 0 Å². The lowest BCUT2D eigenvalue weighted by Gasteiger charge is -2.13. The summed E-state index contributed by atoms with van der Waals surface area (Å²) in [5.41, 5.74) is 2.28. The maximum Gasteiger partial charge on any atom is 0.261 e. The van der Waals surface area contributed by atoms with Crippen LogP contribution in [0, 0.1) is 13.8 Å². The van der Waals surface area contributed by atoms with Gasteiger partial charge in [0, 0.05) is 43.1 Å². The van der Waals surface area contributed by atoms with E-state index in [2.05, 4.69) is 10.3 Å². The zero-order valence-electron chi connectivity index (χ0n) is 14.5. The van der Waals surface area contributed by atoms with Gasteiger partial charge >= 0.3 is 0 Å². The Balaban J connectivity index is 1.89. The third kappa shape index (κ3) is 3.52. The Hall–Kier alpha value is -3.15. The number of anilines is 1. The van der Waals surface area contributed by atoms with Crippen molar-refractivity contribution in [3.63, 3.8) is 0 Å². The molecule has 6 heteroatoms. The predicted molar refractivity (Wildman–Crippen MR) is 96.9 cm³/mol. The number of para-hydroxylation sites is 1. The Morgan fingerprint density at radius 2 is 2.00 bits per heavy atom. The van der Waals surface area contributed by atoms with Crippen LogP contribution in [-0.4, -0.2) is 20.0 Å². The molecule has 25 heavy (non-hydrogen) atoms. The summed E-state index contributed by atoms with van der Waals surface area (Å²) in [6.07, 6.45) is 5.20. The Morgan fingerprint density at radius 3 is 2.72 bits per heavy atom. The molecule has 1 N–H and O–H groups in total. The fourth-order valence-electron chi connectivity index (χ4n) is 2.62. The van der Waals surface area contributed by atoms with E-state index in [0.29, 0.717) is 12.2 Å². The largest absolute Gasteiger partial charge is 0.354 e. The second kappa shape index (κ2) is 6.76. The van der Waals surface area contributed by atoms with Crippen LogP contribution in [0.15, 0.2) is 53.7 Å². The predicted octanol–water partition coefficient (Wildman–Crippen LogP) is 2.50. The van der Waals surface area contributed by atoms with Crippen LogP contribution in [0.25, 0.3) is 0 Å². The Labute approximate surface area is 145 Å². The van der Waals surface area contributed by atoms with E-state index in [1.54, 1.807) is 24.0 Å². The van der Waals surface area contributed by atoms with Gasteiger partial charge in [0.2, 0.25) is 0 Å². The van der Waals surface area contributed by atoms with Gasteiger partial charge < -0.3 is 14.5 Å². The molecule has 0 aliphatic rings. The molecule has 0 unspecified atom stereocenters. The lowest BCUT2D eigenvalue weighted by molar-refractivity contribution is 0.102. The molecule has 0 fully saturated rings. The van der Waals surface area contributed by atoms with Gasteiger partial charge in [0.15, 0.2) is 5.43 Å². The molecule has 0 radical (unpaired) electrons. The van der Waals surface area contributed by atoms with Crippen molar-refractivity contribution in [1.82, 2.24) is 14.1 Å². The molecule has 2 heterocycles. The fourth-order valence-corrected chi connectivity index (χ4v) is 2.62. The lowest BCUT2D eigenvalue weighted by Crippen LogP contribution is -2.23. The van der Waals surface area contributed by atoms with E-state index in [1.165, 1.54) is 6.07 Å². The summed E-state index contributed by atoms with van der Waals surface area (Å²) in [5.74, 6) is 0.490. The standard InChI is InChI=1S/C19H20N4O2/c1-13-10-18(24)16(12-22(13)3)19(25)21-17-7-5-4-6-15(17)11-23-9-8-20-14(23)2/h4-10,12H,11H2,1-3H3,(H,21,25). The highest BCUT2D eigenvalue weighted by molar-refractivity contribution is 6.04. The van der Waals surface area contributed by atoms with Gasteiger partial charge in [0.1, 0.15) is 11.4 Å². The number of imidazole rings is 1. The van der Waals surface area contributed by atoms with Crippen LogP contribution in [0.4, 0.5) is 5.69 Å². The summed E-state index contributed by atoms with van der Waals surface area (Å²) in [4.78, 5) is 28.9. The number of hydrogen-bond acceptors (Lipinski definition) is 3. The average molecular weight is 336 g/mol. The second-order valence-electron chi connectivity index (χ2n) is 6.02. The second-order valence-corrected chi connectivity index (χ2v) is 6.02. The van der Waals surface area contributed by atoms with Crippen molar-refractivity contribution in [1.29, 1.82) is 0 Å². The summed E-state index contributed by atoms with van der Waals surface area (Å²) in [6, 6.07) is 9.02. The van der Waals surface area contributed by atoms with Gasteiger partial charge in [-0.3, -0.25) is 9.59 Å².